The average Bonchev–Trinajstić information content (AvgIpc) is 2.63. The van der Waals surface area contributed by atoms with E-state index in [0.717, 1.165) is 19.4 Å². The third kappa shape index (κ3) is 1.50. The number of carbonyl (C=O) groups excluding carboxylic acids is 1. The zero-order chi connectivity index (χ0) is 9.31. The Bertz CT molecular complexity index is 212. The Balaban J connectivity index is 2.01. The van der Waals surface area contributed by atoms with Gasteiger partial charge in [-0.2, -0.15) is 0 Å². The van der Waals surface area contributed by atoms with Crippen molar-refractivity contribution in [2.24, 2.45) is 5.73 Å². The minimum Gasteiger partial charge on any atom is -0.441 e. The number of hydrogen-bond acceptors (Lipinski definition) is 3. The van der Waals surface area contributed by atoms with Crippen LogP contribution >= 0.6 is 0 Å². The van der Waals surface area contributed by atoms with Crippen molar-refractivity contribution in [3.05, 3.63) is 0 Å². The molecule has 1 amide bonds. The predicted molar refractivity (Wildman–Crippen MR) is 48.3 cm³/mol. The molecule has 1 aliphatic heterocycles. The molecule has 1 heterocycles. The molecule has 1 spiro atoms. The molecule has 0 aromatic heterocycles. The second kappa shape index (κ2) is 3.18. The third-order valence-electron chi connectivity index (χ3n) is 2.95. The van der Waals surface area contributed by atoms with E-state index in [1.54, 1.807) is 4.90 Å². The smallest absolute Gasteiger partial charge is 0.410 e. The standard InChI is InChI=1S/C9H16N2O2/c10-5-6-11-7-9(13-8(11)12)3-1-2-4-9/h1-7,10H2. The maximum absolute atomic E-state index is 11.4. The minimum absolute atomic E-state index is 0.147. The van der Waals surface area contributed by atoms with E-state index in [0.29, 0.717) is 13.1 Å². The zero-order valence-electron chi connectivity index (χ0n) is 7.79. The summed E-state index contributed by atoms with van der Waals surface area (Å²) in [6.45, 7) is 1.90. The van der Waals surface area contributed by atoms with E-state index in [1.165, 1.54) is 12.8 Å². The lowest BCUT2D eigenvalue weighted by molar-refractivity contribution is 0.0627. The highest BCUT2D eigenvalue weighted by Gasteiger charge is 2.46. The van der Waals surface area contributed by atoms with Crippen molar-refractivity contribution in [3.63, 3.8) is 0 Å². The molecular formula is C9H16N2O2. The van der Waals surface area contributed by atoms with Crippen LogP contribution in [0.3, 0.4) is 0 Å². The van der Waals surface area contributed by atoms with E-state index in [9.17, 15) is 4.79 Å². The molecule has 1 saturated heterocycles. The van der Waals surface area contributed by atoms with Crippen LogP contribution in [-0.2, 0) is 4.74 Å². The SMILES string of the molecule is NCCN1CC2(CCCC2)OC1=O. The lowest BCUT2D eigenvalue weighted by Crippen LogP contribution is -2.34. The Morgan fingerprint density at radius 3 is 2.77 bits per heavy atom. The zero-order valence-corrected chi connectivity index (χ0v) is 7.79. The van der Waals surface area contributed by atoms with Gasteiger partial charge in [0.15, 0.2) is 0 Å². The molecule has 1 aliphatic carbocycles. The molecular weight excluding hydrogens is 168 g/mol. The summed E-state index contributed by atoms with van der Waals surface area (Å²) in [5, 5.41) is 0. The third-order valence-corrected chi connectivity index (χ3v) is 2.95. The average molecular weight is 184 g/mol. The fourth-order valence-electron chi connectivity index (χ4n) is 2.30. The Morgan fingerprint density at radius 1 is 1.46 bits per heavy atom. The van der Waals surface area contributed by atoms with Gasteiger partial charge in [0.25, 0.3) is 0 Å². The van der Waals surface area contributed by atoms with E-state index < -0.39 is 0 Å². The van der Waals surface area contributed by atoms with Gasteiger partial charge in [0.05, 0.1) is 6.54 Å². The summed E-state index contributed by atoms with van der Waals surface area (Å²) in [6, 6.07) is 0. The Morgan fingerprint density at radius 2 is 2.15 bits per heavy atom. The summed E-state index contributed by atoms with van der Waals surface area (Å²) in [5.74, 6) is 0. The van der Waals surface area contributed by atoms with Gasteiger partial charge in [-0.3, -0.25) is 0 Å². The quantitative estimate of drug-likeness (QED) is 0.687. The molecule has 13 heavy (non-hydrogen) atoms. The van der Waals surface area contributed by atoms with Crippen molar-refractivity contribution in [1.29, 1.82) is 0 Å². The van der Waals surface area contributed by atoms with Gasteiger partial charge in [0.1, 0.15) is 5.60 Å². The van der Waals surface area contributed by atoms with E-state index in [-0.39, 0.29) is 11.7 Å². The summed E-state index contributed by atoms with van der Waals surface area (Å²) in [4.78, 5) is 13.1. The molecule has 2 N–H and O–H groups in total. The largest absolute Gasteiger partial charge is 0.441 e. The second-order valence-electron chi connectivity index (χ2n) is 3.97. The van der Waals surface area contributed by atoms with Crippen molar-refractivity contribution in [1.82, 2.24) is 4.90 Å². The van der Waals surface area contributed by atoms with Crippen molar-refractivity contribution in [2.75, 3.05) is 19.6 Å². The van der Waals surface area contributed by atoms with Crippen LogP contribution in [0.4, 0.5) is 4.79 Å². The predicted octanol–water partition coefficient (Wildman–Crippen LogP) is 0.710. The van der Waals surface area contributed by atoms with E-state index >= 15 is 0 Å². The molecule has 0 radical (unpaired) electrons. The highest BCUT2D eigenvalue weighted by atomic mass is 16.6. The number of rotatable bonds is 2. The van der Waals surface area contributed by atoms with Crippen LogP contribution < -0.4 is 5.73 Å². The maximum atomic E-state index is 11.4. The first-order chi connectivity index (χ1) is 6.26. The molecule has 0 bridgehead atoms. The van der Waals surface area contributed by atoms with Gasteiger partial charge in [0, 0.05) is 13.1 Å². The van der Waals surface area contributed by atoms with Crippen LogP contribution in [0.2, 0.25) is 0 Å². The van der Waals surface area contributed by atoms with Gasteiger partial charge in [-0.05, 0) is 25.7 Å². The number of hydrogen-bond donors (Lipinski definition) is 1. The Hall–Kier alpha value is -0.770. The van der Waals surface area contributed by atoms with Gasteiger partial charge >= 0.3 is 6.09 Å². The topological polar surface area (TPSA) is 55.6 Å². The van der Waals surface area contributed by atoms with E-state index in [4.69, 9.17) is 10.5 Å². The van der Waals surface area contributed by atoms with Crippen molar-refractivity contribution >= 4 is 6.09 Å². The van der Waals surface area contributed by atoms with Crippen LogP contribution in [0.15, 0.2) is 0 Å². The fraction of sp³-hybridized carbons (Fsp3) is 0.889. The molecule has 2 fully saturated rings. The summed E-state index contributed by atoms with van der Waals surface area (Å²) in [6.07, 6.45) is 4.25. The van der Waals surface area contributed by atoms with Crippen molar-refractivity contribution < 1.29 is 9.53 Å². The number of ether oxygens (including phenoxy) is 1. The molecule has 2 rings (SSSR count). The number of nitrogens with two attached hydrogens (primary N) is 1. The molecule has 0 aromatic rings. The lowest BCUT2D eigenvalue weighted by atomic mass is 10.0. The minimum atomic E-state index is -0.174. The molecule has 4 heteroatoms. The normalized spacial score (nSPS) is 25.6. The first-order valence-corrected chi connectivity index (χ1v) is 4.94. The molecule has 4 nitrogen and oxygen atoms in total. The first-order valence-electron chi connectivity index (χ1n) is 4.94. The van der Waals surface area contributed by atoms with Crippen LogP contribution in [-0.4, -0.2) is 36.2 Å². The summed E-state index contributed by atoms with van der Waals surface area (Å²) < 4.78 is 5.41. The highest BCUT2D eigenvalue weighted by Crippen LogP contribution is 2.38. The number of carbonyl (C=O) groups is 1. The van der Waals surface area contributed by atoms with Crippen LogP contribution in [0.1, 0.15) is 25.7 Å². The van der Waals surface area contributed by atoms with Gasteiger partial charge in [-0.1, -0.05) is 0 Å². The van der Waals surface area contributed by atoms with Crippen LogP contribution in [0.5, 0.6) is 0 Å². The molecule has 0 unspecified atom stereocenters. The second-order valence-corrected chi connectivity index (χ2v) is 3.97. The molecule has 2 aliphatic rings. The molecule has 74 valence electrons. The summed E-state index contributed by atoms with van der Waals surface area (Å²) in [5.41, 5.74) is 5.26. The molecule has 0 atom stereocenters. The monoisotopic (exact) mass is 184 g/mol. The van der Waals surface area contributed by atoms with Gasteiger partial charge in [-0.25, -0.2) is 4.79 Å². The maximum Gasteiger partial charge on any atom is 0.410 e. The summed E-state index contributed by atoms with van der Waals surface area (Å²) in [7, 11) is 0. The van der Waals surface area contributed by atoms with Gasteiger partial charge < -0.3 is 15.4 Å². The van der Waals surface area contributed by atoms with Gasteiger partial charge in [0.2, 0.25) is 0 Å². The van der Waals surface area contributed by atoms with E-state index in [2.05, 4.69) is 0 Å². The highest BCUT2D eigenvalue weighted by molar-refractivity contribution is 5.70. The fourth-order valence-corrected chi connectivity index (χ4v) is 2.30. The Labute approximate surface area is 78.0 Å². The van der Waals surface area contributed by atoms with Crippen molar-refractivity contribution in [2.45, 2.75) is 31.3 Å². The Kier molecular flexibility index (Phi) is 2.15. The number of amides is 1. The van der Waals surface area contributed by atoms with Crippen molar-refractivity contribution in [3.8, 4) is 0 Å². The molecule has 0 aromatic carbocycles. The van der Waals surface area contributed by atoms with Crippen LogP contribution in [0, 0.1) is 0 Å². The molecule has 1 saturated carbocycles. The first kappa shape index (κ1) is 8.81. The van der Waals surface area contributed by atoms with E-state index in [1.807, 2.05) is 0 Å². The lowest BCUT2D eigenvalue weighted by Gasteiger charge is -2.19. The number of nitrogens with zero attached hydrogens (tertiary/aromatic N) is 1. The van der Waals surface area contributed by atoms with Crippen LogP contribution in [0.25, 0.3) is 0 Å². The summed E-state index contributed by atoms with van der Waals surface area (Å²) >= 11 is 0. The van der Waals surface area contributed by atoms with Gasteiger partial charge in [-0.15, -0.1) is 0 Å².